The van der Waals surface area contributed by atoms with Gasteiger partial charge in [0.1, 0.15) is 0 Å². The van der Waals surface area contributed by atoms with Crippen molar-refractivity contribution < 1.29 is 4.79 Å². The first-order chi connectivity index (χ1) is 9.25. The highest BCUT2D eigenvalue weighted by atomic mass is 35.5. The Labute approximate surface area is 118 Å². The summed E-state index contributed by atoms with van der Waals surface area (Å²) in [5, 5.41) is 3.69. The molecule has 100 valence electrons. The second kappa shape index (κ2) is 5.38. The number of carbonyl (C=O) groups is 1. The molecule has 1 saturated carbocycles. The maximum atomic E-state index is 12.3. The lowest BCUT2D eigenvalue weighted by Gasteiger charge is -2.04. The van der Waals surface area contributed by atoms with Crippen LogP contribution < -0.4 is 5.32 Å². The summed E-state index contributed by atoms with van der Waals surface area (Å²) >= 11 is 5.84. The topological polar surface area (TPSA) is 29.1 Å². The minimum Gasteiger partial charge on any atom is -0.326 e. The molecule has 2 aliphatic rings. The van der Waals surface area contributed by atoms with Gasteiger partial charge in [0.2, 0.25) is 5.91 Å². The number of allylic oxidation sites excluding steroid dienone is 2. The van der Waals surface area contributed by atoms with E-state index in [1.807, 2.05) is 12.1 Å². The molecule has 1 aromatic carbocycles. The van der Waals surface area contributed by atoms with Crippen LogP contribution in [0.15, 0.2) is 36.4 Å². The third kappa shape index (κ3) is 2.84. The van der Waals surface area contributed by atoms with Gasteiger partial charge in [-0.2, -0.15) is 0 Å². The van der Waals surface area contributed by atoms with Gasteiger partial charge in [0.05, 0.1) is 0 Å². The number of carbonyl (C=O) groups excluding carboxylic acids is 1. The lowest BCUT2D eigenvalue weighted by Crippen LogP contribution is -2.15. The first-order valence-corrected chi connectivity index (χ1v) is 7.36. The Hall–Kier alpha value is -1.28. The molecule has 2 nitrogen and oxygen atoms in total. The van der Waals surface area contributed by atoms with E-state index in [-0.39, 0.29) is 11.8 Å². The minimum atomic E-state index is 0.156. The standard InChI is InChI=1S/C16H18ClNO/c17-11-7-9-12(10-8-11)18-16(19)15-13-5-3-1-2-4-6-14(13)15/h3,5,7-10,13-15H,1-2,4,6H2,(H,18,19)/b5-3-/t13-,14-,15-/m0/s1. The van der Waals surface area contributed by atoms with Crippen molar-refractivity contribution in [3.05, 3.63) is 41.4 Å². The van der Waals surface area contributed by atoms with Crippen LogP contribution in [0.25, 0.3) is 0 Å². The molecule has 0 spiro atoms. The van der Waals surface area contributed by atoms with E-state index >= 15 is 0 Å². The van der Waals surface area contributed by atoms with Crippen molar-refractivity contribution in [2.45, 2.75) is 25.7 Å². The summed E-state index contributed by atoms with van der Waals surface area (Å²) in [6.07, 6.45) is 9.34. The van der Waals surface area contributed by atoms with Gasteiger partial charge >= 0.3 is 0 Å². The van der Waals surface area contributed by atoms with Gasteiger partial charge in [0.25, 0.3) is 0 Å². The molecular formula is C16H18ClNO. The second-order valence-corrected chi connectivity index (χ2v) is 5.91. The zero-order valence-corrected chi connectivity index (χ0v) is 11.6. The number of amides is 1. The first-order valence-electron chi connectivity index (χ1n) is 6.99. The molecule has 3 atom stereocenters. The van der Waals surface area contributed by atoms with Crippen LogP contribution in [0.2, 0.25) is 5.02 Å². The largest absolute Gasteiger partial charge is 0.326 e. The SMILES string of the molecule is O=C(Nc1ccc(Cl)cc1)[C@H]1[C@H]2/C=C\CCCC[C@@H]21. The fraction of sp³-hybridized carbons (Fsp3) is 0.438. The van der Waals surface area contributed by atoms with Gasteiger partial charge < -0.3 is 5.32 Å². The smallest absolute Gasteiger partial charge is 0.228 e. The Morgan fingerprint density at radius 2 is 2.00 bits per heavy atom. The zero-order valence-electron chi connectivity index (χ0n) is 10.8. The molecule has 0 saturated heterocycles. The van der Waals surface area contributed by atoms with Crippen LogP contribution >= 0.6 is 11.6 Å². The summed E-state index contributed by atoms with van der Waals surface area (Å²) in [6.45, 7) is 0. The third-order valence-electron chi connectivity index (χ3n) is 4.16. The number of halogens is 1. The molecule has 0 bridgehead atoms. The lowest BCUT2D eigenvalue weighted by molar-refractivity contribution is -0.117. The van der Waals surface area contributed by atoms with E-state index in [2.05, 4.69) is 17.5 Å². The van der Waals surface area contributed by atoms with E-state index in [4.69, 9.17) is 11.6 Å². The van der Waals surface area contributed by atoms with E-state index in [0.717, 1.165) is 12.1 Å². The van der Waals surface area contributed by atoms with Crippen LogP contribution in [0.1, 0.15) is 25.7 Å². The molecule has 0 aliphatic heterocycles. The van der Waals surface area contributed by atoms with Crippen molar-refractivity contribution in [3.8, 4) is 0 Å². The average molecular weight is 276 g/mol. The summed E-state index contributed by atoms with van der Waals surface area (Å²) in [5.74, 6) is 1.35. The number of rotatable bonds is 2. The van der Waals surface area contributed by atoms with Gasteiger partial charge in [-0.3, -0.25) is 4.79 Å². The number of anilines is 1. The fourth-order valence-corrected chi connectivity index (χ4v) is 3.18. The van der Waals surface area contributed by atoms with E-state index < -0.39 is 0 Å². The Morgan fingerprint density at radius 3 is 2.79 bits per heavy atom. The molecule has 0 heterocycles. The van der Waals surface area contributed by atoms with Crippen molar-refractivity contribution in [2.75, 3.05) is 5.32 Å². The van der Waals surface area contributed by atoms with Gasteiger partial charge in [-0.25, -0.2) is 0 Å². The van der Waals surface area contributed by atoms with E-state index in [1.165, 1.54) is 19.3 Å². The Bertz CT molecular complexity index is 494. The fourth-order valence-electron chi connectivity index (χ4n) is 3.06. The zero-order chi connectivity index (χ0) is 13.2. The molecule has 1 fully saturated rings. The highest BCUT2D eigenvalue weighted by molar-refractivity contribution is 6.30. The molecule has 0 aromatic heterocycles. The summed E-state index contributed by atoms with van der Waals surface area (Å²) in [4.78, 5) is 12.3. The predicted octanol–water partition coefficient (Wildman–Crippen LogP) is 4.27. The molecule has 0 unspecified atom stereocenters. The van der Waals surface area contributed by atoms with Gasteiger partial charge in [-0.05, 0) is 55.4 Å². The van der Waals surface area contributed by atoms with Crippen molar-refractivity contribution in [3.63, 3.8) is 0 Å². The summed E-state index contributed by atoms with van der Waals surface area (Å²) in [5.41, 5.74) is 0.831. The highest BCUT2D eigenvalue weighted by Gasteiger charge is 2.52. The molecule has 1 N–H and O–H groups in total. The molecule has 19 heavy (non-hydrogen) atoms. The van der Waals surface area contributed by atoms with Gasteiger partial charge in [0, 0.05) is 16.6 Å². The number of hydrogen-bond donors (Lipinski definition) is 1. The van der Waals surface area contributed by atoms with E-state index in [0.29, 0.717) is 16.9 Å². The third-order valence-corrected chi connectivity index (χ3v) is 4.41. The van der Waals surface area contributed by atoms with Crippen LogP contribution in [-0.2, 0) is 4.79 Å². The van der Waals surface area contributed by atoms with Gasteiger partial charge in [-0.1, -0.05) is 30.2 Å². The van der Waals surface area contributed by atoms with Crippen molar-refractivity contribution in [1.82, 2.24) is 0 Å². The predicted molar refractivity (Wildman–Crippen MR) is 78.2 cm³/mol. The van der Waals surface area contributed by atoms with Gasteiger partial charge in [0.15, 0.2) is 0 Å². The Morgan fingerprint density at radius 1 is 1.21 bits per heavy atom. The highest BCUT2D eigenvalue weighted by Crippen LogP contribution is 2.51. The lowest BCUT2D eigenvalue weighted by atomic mass is 10.1. The Kier molecular flexibility index (Phi) is 3.61. The second-order valence-electron chi connectivity index (χ2n) is 5.48. The quantitative estimate of drug-likeness (QED) is 0.803. The number of nitrogens with one attached hydrogen (secondary N) is 1. The molecular weight excluding hydrogens is 258 g/mol. The van der Waals surface area contributed by atoms with Crippen molar-refractivity contribution >= 4 is 23.2 Å². The van der Waals surface area contributed by atoms with E-state index in [9.17, 15) is 4.79 Å². The van der Waals surface area contributed by atoms with Crippen molar-refractivity contribution in [1.29, 1.82) is 0 Å². The Balaban J connectivity index is 1.64. The van der Waals surface area contributed by atoms with Crippen LogP contribution in [0.3, 0.4) is 0 Å². The summed E-state index contributed by atoms with van der Waals surface area (Å²) in [7, 11) is 0. The van der Waals surface area contributed by atoms with Gasteiger partial charge in [-0.15, -0.1) is 0 Å². The molecule has 2 aliphatic carbocycles. The molecule has 3 heteroatoms. The maximum Gasteiger partial charge on any atom is 0.228 e. The average Bonchev–Trinajstić information content (AvgIpc) is 3.03. The van der Waals surface area contributed by atoms with Crippen molar-refractivity contribution in [2.24, 2.45) is 17.8 Å². The molecule has 3 rings (SSSR count). The van der Waals surface area contributed by atoms with Crippen LogP contribution in [-0.4, -0.2) is 5.91 Å². The molecule has 1 aromatic rings. The summed E-state index contributed by atoms with van der Waals surface area (Å²) < 4.78 is 0. The first kappa shape index (κ1) is 12.7. The molecule has 0 radical (unpaired) electrons. The van der Waals surface area contributed by atoms with Crippen LogP contribution in [0.5, 0.6) is 0 Å². The normalized spacial score (nSPS) is 30.7. The molecule has 1 amide bonds. The number of fused-ring (bicyclic) bond motifs is 1. The minimum absolute atomic E-state index is 0.156. The van der Waals surface area contributed by atoms with Crippen LogP contribution in [0, 0.1) is 17.8 Å². The monoisotopic (exact) mass is 275 g/mol. The summed E-state index contributed by atoms with van der Waals surface area (Å²) in [6, 6.07) is 7.29. The number of benzene rings is 1. The van der Waals surface area contributed by atoms with E-state index in [1.54, 1.807) is 12.1 Å². The van der Waals surface area contributed by atoms with Crippen LogP contribution in [0.4, 0.5) is 5.69 Å². The maximum absolute atomic E-state index is 12.3. The number of hydrogen-bond acceptors (Lipinski definition) is 1.